The Bertz CT molecular complexity index is 575. The van der Waals surface area contributed by atoms with Gasteiger partial charge in [-0.1, -0.05) is 48.0 Å². The van der Waals surface area contributed by atoms with Gasteiger partial charge < -0.3 is 5.32 Å². The summed E-state index contributed by atoms with van der Waals surface area (Å²) in [6, 6.07) is 15.9. The van der Waals surface area contributed by atoms with Gasteiger partial charge in [0.15, 0.2) is 0 Å². The van der Waals surface area contributed by atoms with E-state index >= 15 is 0 Å². The van der Waals surface area contributed by atoms with Gasteiger partial charge in [-0.2, -0.15) is 0 Å². The molecule has 2 nitrogen and oxygen atoms in total. The molecule has 19 heavy (non-hydrogen) atoms. The van der Waals surface area contributed by atoms with Crippen LogP contribution in [0.25, 0.3) is 0 Å². The van der Waals surface area contributed by atoms with Crippen LogP contribution in [0.4, 0.5) is 0 Å². The van der Waals surface area contributed by atoms with Crippen molar-refractivity contribution in [1.29, 1.82) is 0 Å². The number of rotatable bonds is 3. The summed E-state index contributed by atoms with van der Waals surface area (Å²) in [5.74, 6) is -0.0162. The van der Waals surface area contributed by atoms with Crippen molar-refractivity contribution < 1.29 is 4.79 Å². The van der Waals surface area contributed by atoms with E-state index < -0.39 is 0 Å². The summed E-state index contributed by atoms with van der Waals surface area (Å²) in [7, 11) is 0. The van der Waals surface area contributed by atoms with Crippen molar-refractivity contribution in [2.24, 2.45) is 0 Å². The second-order valence-corrected chi connectivity index (χ2v) is 4.92. The monoisotopic (exact) mass is 253 g/mol. The lowest BCUT2D eigenvalue weighted by Crippen LogP contribution is -2.27. The van der Waals surface area contributed by atoms with Gasteiger partial charge in [-0.25, -0.2) is 0 Å². The van der Waals surface area contributed by atoms with Crippen molar-refractivity contribution >= 4 is 5.91 Å². The van der Waals surface area contributed by atoms with Gasteiger partial charge in [-0.05, 0) is 38.0 Å². The first-order valence-electron chi connectivity index (χ1n) is 6.51. The highest BCUT2D eigenvalue weighted by molar-refractivity contribution is 5.96. The molecule has 0 saturated carbocycles. The third-order valence-corrected chi connectivity index (χ3v) is 3.28. The molecule has 0 radical (unpaired) electrons. The molecule has 1 unspecified atom stereocenters. The van der Waals surface area contributed by atoms with Gasteiger partial charge in [0.1, 0.15) is 0 Å². The molecule has 2 aromatic carbocycles. The Hall–Kier alpha value is -2.09. The van der Waals surface area contributed by atoms with Gasteiger partial charge in [0.25, 0.3) is 5.91 Å². The molecule has 1 atom stereocenters. The smallest absolute Gasteiger partial charge is 0.252 e. The molecule has 98 valence electrons. The number of hydrogen-bond acceptors (Lipinski definition) is 1. The molecule has 0 spiro atoms. The van der Waals surface area contributed by atoms with Crippen LogP contribution in [0, 0.1) is 13.8 Å². The van der Waals surface area contributed by atoms with E-state index in [1.807, 2.05) is 69.3 Å². The molecule has 1 N–H and O–H groups in total. The van der Waals surface area contributed by atoms with Crippen LogP contribution in [0.2, 0.25) is 0 Å². The largest absolute Gasteiger partial charge is 0.346 e. The van der Waals surface area contributed by atoms with E-state index in [0.717, 1.165) is 22.3 Å². The van der Waals surface area contributed by atoms with Gasteiger partial charge >= 0.3 is 0 Å². The second-order valence-electron chi connectivity index (χ2n) is 4.92. The van der Waals surface area contributed by atoms with Crippen molar-refractivity contribution in [3.8, 4) is 0 Å². The molecule has 1 amide bonds. The summed E-state index contributed by atoms with van der Waals surface area (Å²) < 4.78 is 0. The maximum atomic E-state index is 12.3. The number of amides is 1. The summed E-state index contributed by atoms with van der Waals surface area (Å²) in [6.07, 6.45) is 0. The molecule has 0 fully saturated rings. The van der Waals surface area contributed by atoms with E-state index in [-0.39, 0.29) is 11.9 Å². The Morgan fingerprint density at radius 1 is 1.05 bits per heavy atom. The van der Waals surface area contributed by atoms with E-state index in [0.29, 0.717) is 0 Å². The molecule has 2 heteroatoms. The minimum Gasteiger partial charge on any atom is -0.346 e. The molecular formula is C17H19NO. The number of carbonyl (C=O) groups is 1. The van der Waals surface area contributed by atoms with Crippen LogP contribution in [0.1, 0.15) is 40.0 Å². The van der Waals surface area contributed by atoms with Crippen molar-refractivity contribution in [2.45, 2.75) is 26.8 Å². The Labute approximate surface area is 114 Å². The summed E-state index contributed by atoms with van der Waals surface area (Å²) in [5.41, 5.74) is 3.97. The first-order chi connectivity index (χ1) is 9.08. The normalized spacial score (nSPS) is 11.9. The van der Waals surface area contributed by atoms with Gasteiger partial charge in [0, 0.05) is 5.56 Å². The molecule has 0 aliphatic heterocycles. The van der Waals surface area contributed by atoms with Crippen LogP contribution in [0.3, 0.4) is 0 Å². The SMILES string of the molecule is Cc1ccc(C)c(C(=O)NC(C)c2ccccc2)c1. The van der Waals surface area contributed by atoms with E-state index in [2.05, 4.69) is 5.32 Å². The molecule has 0 aliphatic rings. The predicted octanol–water partition coefficient (Wildman–Crippen LogP) is 3.79. The highest BCUT2D eigenvalue weighted by Gasteiger charge is 2.13. The molecule has 0 bridgehead atoms. The maximum Gasteiger partial charge on any atom is 0.252 e. The van der Waals surface area contributed by atoms with Gasteiger partial charge in [0.2, 0.25) is 0 Å². The first-order valence-corrected chi connectivity index (χ1v) is 6.51. The third kappa shape index (κ3) is 3.22. The van der Waals surface area contributed by atoms with Crippen LogP contribution in [0.15, 0.2) is 48.5 Å². The van der Waals surface area contributed by atoms with Crippen LogP contribution >= 0.6 is 0 Å². The van der Waals surface area contributed by atoms with E-state index in [4.69, 9.17) is 0 Å². The topological polar surface area (TPSA) is 29.1 Å². The van der Waals surface area contributed by atoms with Crippen LogP contribution in [-0.2, 0) is 0 Å². The molecule has 0 heterocycles. The number of nitrogens with one attached hydrogen (secondary N) is 1. The summed E-state index contributed by atoms with van der Waals surface area (Å²) in [5, 5.41) is 3.04. The van der Waals surface area contributed by atoms with Crippen LogP contribution < -0.4 is 5.32 Å². The van der Waals surface area contributed by atoms with Crippen molar-refractivity contribution in [3.05, 3.63) is 70.8 Å². The lowest BCUT2D eigenvalue weighted by atomic mass is 10.0. The Balaban J connectivity index is 2.15. The van der Waals surface area contributed by atoms with E-state index in [1.54, 1.807) is 0 Å². The number of carbonyl (C=O) groups excluding carboxylic acids is 1. The van der Waals surface area contributed by atoms with E-state index in [1.165, 1.54) is 0 Å². The number of benzene rings is 2. The molecule has 2 rings (SSSR count). The average molecular weight is 253 g/mol. The zero-order valence-electron chi connectivity index (χ0n) is 11.6. The zero-order valence-corrected chi connectivity index (χ0v) is 11.6. The summed E-state index contributed by atoms with van der Waals surface area (Å²) in [4.78, 5) is 12.3. The fraction of sp³-hybridized carbons (Fsp3) is 0.235. The van der Waals surface area contributed by atoms with Gasteiger partial charge in [-0.15, -0.1) is 0 Å². The molecule has 0 saturated heterocycles. The van der Waals surface area contributed by atoms with Crippen molar-refractivity contribution in [2.75, 3.05) is 0 Å². The van der Waals surface area contributed by atoms with Crippen molar-refractivity contribution in [1.82, 2.24) is 5.32 Å². The van der Waals surface area contributed by atoms with Crippen LogP contribution in [-0.4, -0.2) is 5.91 Å². The van der Waals surface area contributed by atoms with Crippen molar-refractivity contribution in [3.63, 3.8) is 0 Å². The predicted molar refractivity (Wildman–Crippen MR) is 78.2 cm³/mol. The standard InChI is InChI=1S/C17H19NO/c1-12-9-10-13(2)16(11-12)17(19)18-14(3)15-7-5-4-6-8-15/h4-11,14H,1-3H3,(H,18,19). The first kappa shape index (κ1) is 13.3. The molecule has 0 aliphatic carbocycles. The van der Waals surface area contributed by atoms with Crippen LogP contribution in [0.5, 0.6) is 0 Å². The number of aryl methyl sites for hydroxylation is 2. The molecule has 2 aromatic rings. The summed E-state index contributed by atoms with van der Waals surface area (Å²) >= 11 is 0. The Kier molecular flexibility index (Phi) is 4.00. The minimum absolute atomic E-state index is 0.00797. The lowest BCUT2D eigenvalue weighted by molar-refractivity contribution is 0.0939. The third-order valence-electron chi connectivity index (χ3n) is 3.28. The average Bonchev–Trinajstić information content (AvgIpc) is 2.42. The quantitative estimate of drug-likeness (QED) is 0.885. The maximum absolute atomic E-state index is 12.3. The van der Waals surface area contributed by atoms with E-state index in [9.17, 15) is 4.79 Å². The highest BCUT2D eigenvalue weighted by Crippen LogP contribution is 2.15. The second kappa shape index (κ2) is 5.70. The molecular weight excluding hydrogens is 234 g/mol. The zero-order chi connectivity index (χ0) is 13.8. The highest BCUT2D eigenvalue weighted by atomic mass is 16.1. The number of hydrogen-bond donors (Lipinski definition) is 1. The van der Waals surface area contributed by atoms with Gasteiger partial charge in [-0.3, -0.25) is 4.79 Å². The summed E-state index contributed by atoms with van der Waals surface area (Å²) in [6.45, 7) is 5.96. The Morgan fingerprint density at radius 3 is 2.42 bits per heavy atom. The lowest BCUT2D eigenvalue weighted by Gasteiger charge is -2.15. The fourth-order valence-corrected chi connectivity index (χ4v) is 2.08. The molecule has 0 aromatic heterocycles. The van der Waals surface area contributed by atoms with Gasteiger partial charge in [0.05, 0.1) is 6.04 Å². The minimum atomic E-state index is -0.0162. The Morgan fingerprint density at radius 2 is 1.74 bits per heavy atom. The fourth-order valence-electron chi connectivity index (χ4n) is 2.08.